The number of methoxy groups -OCH3 is 2. The lowest BCUT2D eigenvalue weighted by Crippen LogP contribution is -2.01. The van der Waals surface area contributed by atoms with Crippen LogP contribution in [0, 0.1) is 11.8 Å². The summed E-state index contributed by atoms with van der Waals surface area (Å²) in [4.78, 5) is 10.9. The third kappa shape index (κ3) is 2.89. The number of carboxylic acids is 1. The van der Waals surface area contributed by atoms with E-state index in [0.717, 1.165) is 0 Å². The minimum absolute atomic E-state index is 0.0493. The molecule has 1 aromatic carbocycles. The zero-order valence-corrected chi connectivity index (χ0v) is 9.48. The van der Waals surface area contributed by atoms with Gasteiger partial charge in [-0.05, 0) is 12.1 Å². The first-order chi connectivity index (χ1) is 8.13. The maximum atomic E-state index is 10.9. The van der Waals surface area contributed by atoms with Crippen molar-refractivity contribution in [3.63, 3.8) is 0 Å². The van der Waals surface area contributed by atoms with Crippen LogP contribution in [0.15, 0.2) is 12.1 Å². The van der Waals surface area contributed by atoms with Gasteiger partial charge in [-0.15, -0.1) is 0 Å². The lowest BCUT2D eigenvalue weighted by molar-refractivity contribution is 0.0696. The van der Waals surface area contributed by atoms with E-state index in [1.54, 1.807) is 0 Å². The van der Waals surface area contributed by atoms with Crippen LogP contribution in [0.2, 0.25) is 0 Å². The minimum Gasteiger partial charge on any atom is -0.495 e. The van der Waals surface area contributed by atoms with Crippen LogP contribution in [0.25, 0.3) is 0 Å². The highest BCUT2D eigenvalue weighted by molar-refractivity contribution is 5.89. The highest BCUT2D eigenvalue weighted by Crippen LogP contribution is 2.29. The summed E-state index contributed by atoms with van der Waals surface area (Å²) in [5.41, 5.74) is 0.460. The van der Waals surface area contributed by atoms with Crippen molar-refractivity contribution in [2.24, 2.45) is 0 Å². The number of carboxylic acid groups (broad SMARTS) is 1. The van der Waals surface area contributed by atoms with Gasteiger partial charge in [0.05, 0.1) is 19.8 Å². The third-order valence-corrected chi connectivity index (χ3v) is 2.05. The molecule has 5 heteroatoms. The van der Waals surface area contributed by atoms with Crippen molar-refractivity contribution in [1.29, 1.82) is 0 Å². The molecule has 2 N–H and O–H groups in total. The van der Waals surface area contributed by atoms with Gasteiger partial charge in [0.25, 0.3) is 0 Å². The van der Waals surface area contributed by atoms with Crippen LogP contribution < -0.4 is 9.47 Å². The van der Waals surface area contributed by atoms with Gasteiger partial charge in [-0.3, -0.25) is 0 Å². The fraction of sp³-hybridized carbons (Fsp3) is 0.250. The largest absolute Gasteiger partial charge is 0.495 e. The molecule has 0 heterocycles. The van der Waals surface area contributed by atoms with E-state index in [-0.39, 0.29) is 12.2 Å². The molecule has 0 aromatic heterocycles. The minimum atomic E-state index is -1.08. The van der Waals surface area contributed by atoms with Gasteiger partial charge in [0, 0.05) is 0 Å². The molecule has 1 aromatic rings. The Morgan fingerprint density at radius 3 is 2.18 bits per heavy atom. The van der Waals surface area contributed by atoms with Crippen LogP contribution in [-0.4, -0.2) is 37.0 Å². The molecule has 0 bridgehead atoms. The molecule has 0 unspecified atom stereocenters. The average Bonchev–Trinajstić information content (AvgIpc) is 2.34. The number of hydrogen-bond acceptors (Lipinski definition) is 4. The highest BCUT2D eigenvalue weighted by atomic mass is 16.5. The first-order valence-electron chi connectivity index (χ1n) is 4.73. The summed E-state index contributed by atoms with van der Waals surface area (Å²) in [7, 11) is 2.81. The molecule has 0 spiro atoms. The molecule has 0 amide bonds. The second kappa shape index (κ2) is 5.77. The lowest BCUT2D eigenvalue weighted by atomic mass is 10.1. The number of carbonyl (C=O) groups is 1. The van der Waals surface area contributed by atoms with Crippen LogP contribution in [0.4, 0.5) is 0 Å². The zero-order valence-electron chi connectivity index (χ0n) is 9.48. The Balaban J connectivity index is 3.41. The summed E-state index contributed by atoms with van der Waals surface area (Å²) in [6.07, 6.45) is 0. The third-order valence-electron chi connectivity index (χ3n) is 2.05. The molecule has 0 fully saturated rings. The summed E-state index contributed by atoms with van der Waals surface area (Å²) >= 11 is 0. The molecular formula is C12H12O5. The fourth-order valence-electron chi connectivity index (χ4n) is 1.29. The van der Waals surface area contributed by atoms with Gasteiger partial charge in [-0.1, -0.05) is 11.8 Å². The maximum absolute atomic E-state index is 10.9. The predicted octanol–water partition coefficient (Wildman–Crippen LogP) is 0.746. The number of ether oxygens (including phenoxy) is 2. The molecule has 0 aliphatic heterocycles. The van der Waals surface area contributed by atoms with E-state index in [1.165, 1.54) is 26.4 Å². The number of rotatable bonds is 3. The fourth-order valence-corrected chi connectivity index (χ4v) is 1.29. The Kier molecular flexibility index (Phi) is 4.37. The van der Waals surface area contributed by atoms with Gasteiger partial charge in [0.1, 0.15) is 23.7 Å². The summed E-state index contributed by atoms with van der Waals surface area (Å²) in [6, 6.07) is 2.71. The van der Waals surface area contributed by atoms with Gasteiger partial charge in [0.2, 0.25) is 0 Å². The van der Waals surface area contributed by atoms with E-state index in [4.69, 9.17) is 19.7 Å². The molecule has 0 radical (unpaired) electrons. The zero-order chi connectivity index (χ0) is 12.8. The van der Waals surface area contributed by atoms with E-state index in [1.807, 2.05) is 0 Å². The number of aliphatic hydroxyl groups excluding tert-OH is 1. The van der Waals surface area contributed by atoms with Crippen LogP contribution >= 0.6 is 0 Å². The van der Waals surface area contributed by atoms with E-state index in [2.05, 4.69) is 11.8 Å². The van der Waals surface area contributed by atoms with Gasteiger partial charge in [0.15, 0.2) is 0 Å². The van der Waals surface area contributed by atoms with Gasteiger partial charge >= 0.3 is 5.97 Å². The van der Waals surface area contributed by atoms with E-state index in [0.29, 0.717) is 17.1 Å². The normalized spacial score (nSPS) is 9.12. The standard InChI is InChI=1S/C12H12O5/c1-16-10-6-8(12(14)15)7-11(17-2)9(10)4-3-5-13/h6-7,13H,5H2,1-2H3,(H,14,15). The topological polar surface area (TPSA) is 76.0 Å². The molecule has 17 heavy (non-hydrogen) atoms. The van der Waals surface area contributed by atoms with Crippen LogP contribution in [0.1, 0.15) is 15.9 Å². The van der Waals surface area contributed by atoms with Crippen molar-refractivity contribution >= 4 is 5.97 Å². The Bertz CT molecular complexity index is 456. The van der Waals surface area contributed by atoms with Crippen LogP contribution in [0.3, 0.4) is 0 Å². The van der Waals surface area contributed by atoms with Crippen molar-refractivity contribution in [1.82, 2.24) is 0 Å². The van der Waals surface area contributed by atoms with Crippen LogP contribution in [-0.2, 0) is 0 Å². The van der Waals surface area contributed by atoms with E-state index >= 15 is 0 Å². The average molecular weight is 236 g/mol. The number of hydrogen-bond donors (Lipinski definition) is 2. The number of aliphatic hydroxyl groups is 1. The Morgan fingerprint density at radius 2 is 1.82 bits per heavy atom. The lowest BCUT2D eigenvalue weighted by Gasteiger charge is -2.09. The van der Waals surface area contributed by atoms with Crippen molar-refractivity contribution in [3.05, 3.63) is 23.3 Å². The van der Waals surface area contributed by atoms with Gasteiger partial charge < -0.3 is 19.7 Å². The van der Waals surface area contributed by atoms with Crippen molar-refractivity contribution in [3.8, 4) is 23.3 Å². The number of benzene rings is 1. The van der Waals surface area contributed by atoms with Gasteiger partial charge in [-0.25, -0.2) is 4.79 Å². The first kappa shape index (κ1) is 12.9. The summed E-state index contributed by atoms with van der Waals surface area (Å²) < 4.78 is 10.1. The Hall–Kier alpha value is -2.19. The number of aromatic carboxylic acids is 1. The Morgan fingerprint density at radius 1 is 1.29 bits per heavy atom. The SMILES string of the molecule is COc1cc(C(=O)O)cc(OC)c1C#CCO. The molecule has 0 saturated heterocycles. The van der Waals surface area contributed by atoms with Crippen molar-refractivity contribution < 1.29 is 24.5 Å². The summed E-state index contributed by atoms with van der Waals surface area (Å²) in [5.74, 6) is 4.63. The highest BCUT2D eigenvalue weighted by Gasteiger charge is 2.14. The van der Waals surface area contributed by atoms with Gasteiger partial charge in [-0.2, -0.15) is 0 Å². The molecule has 0 atom stereocenters. The molecule has 0 saturated carbocycles. The molecule has 90 valence electrons. The monoisotopic (exact) mass is 236 g/mol. The quantitative estimate of drug-likeness (QED) is 0.757. The predicted molar refractivity (Wildman–Crippen MR) is 60.5 cm³/mol. The molecular weight excluding hydrogens is 224 g/mol. The molecule has 1 rings (SSSR count). The Labute approximate surface area is 98.6 Å². The molecule has 5 nitrogen and oxygen atoms in total. The first-order valence-corrected chi connectivity index (χ1v) is 4.73. The van der Waals surface area contributed by atoms with Crippen LogP contribution in [0.5, 0.6) is 11.5 Å². The maximum Gasteiger partial charge on any atom is 0.335 e. The van der Waals surface area contributed by atoms with Crippen molar-refractivity contribution in [2.45, 2.75) is 0 Å². The second-order valence-corrected chi connectivity index (χ2v) is 3.02. The van der Waals surface area contributed by atoms with Crippen molar-refractivity contribution in [2.75, 3.05) is 20.8 Å². The molecule has 0 aliphatic rings. The molecule has 0 aliphatic carbocycles. The smallest absolute Gasteiger partial charge is 0.335 e. The van der Waals surface area contributed by atoms with E-state index in [9.17, 15) is 4.79 Å². The summed E-state index contributed by atoms with van der Waals surface area (Å²) in [6.45, 7) is -0.299. The second-order valence-electron chi connectivity index (χ2n) is 3.02. The summed E-state index contributed by atoms with van der Waals surface area (Å²) in [5, 5.41) is 17.6. The van der Waals surface area contributed by atoms with E-state index < -0.39 is 5.97 Å².